The van der Waals surface area contributed by atoms with Crippen LogP contribution in [0.5, 0.6) is 0 Å². The van der Waals surface area contributed by atoms with E-state index in [4.69, 9.17) is 0 Å². The van der Waals surface area contributed by atoms with Crippen molar-refractivity contribution in [1.82, 2.24) is 14.7 Å². The monoisotopic (exact) mass is 312 g/mol. The molecule has 0 atom stereocenters. The van der Waals surface area contributed by atoms with Crippen LogP contribution >= 0.6 is 0 Å². The number of sulfonamides is 1. The first-order chi connectivity index (χ1) is 10.1. The maximum atomic E-state index is 12.1. The van der Waals surface area contributed by atoms with Crippen LogP contribution in [0.15, 0.2) is 17.3 Å². The summed E-state index contributed by atoms with van der Waals surface area (Å²) in [4.78, 5) is 8.10. The molecule has 118 valence electrons. The van der Waals surface area contributed by atoms with E-state index in [0.29, 0.717) is 25.0 Å². The summed E-state index contributed by atoms with van der Waals surface area (Å²) in [5, 5.41) is 2.93. The minimum atomic E-state index is -3.50. The molecule has 1 saturated carbocycles. The minimum absolute atomic E-state index is 0.118. The van der Waals surface area contributed by atoms with E-state index in [9.17, 15) is 8.42 Å². The zero-order chi connectivity index (χ0) is 15.1. The molecule has 0 amide bonds. The summed E-state index contributed by atoms with van der Waals surface area (Å²) in [5.74, 6) is 1.10. The molecular weight excluding hydrogens is 288 g/mol. The van der Waals surface area contributed by atoms with Crippen molar-refractivity contribution < 1.29 is 8.42 Å². The van der Waals surface area contributed by atoms with E-state index < -0.39 is 10.0 Å². The first-order valence-corrected chi connectivity index (χ1v) is 9.15. The van der Waals surface area contributed by atoms with Gasteiger partial charge < -0.3 is 5.32 Å². The van der Waals surface area contributed by atoms with Crippen molar-refractivity contribution in [3.63, 3.8) is 0 Å². The summed E-state index contributed by atoms with van der Waals surface area (Å²) in [5.41, 5.74) is 0. The van der Waals surface area contributed by atoms with Gasteiger partial charge in [0.25, 0.3) is 0 Å². The zero-order valence-corrected chi connectivity index (χ0v) is 13.3. The van der Waals surface area contributed by atoms with Crippen molar-refractivity contribution >= 4 is 16.0 Å². The second kappa shape index (κ2) is 7.70. The van der Waals surface area contributed by atoms with Gasteiger partial charge in [0.15, 0.2) is 0 Å². The number of anilines is 1. The molecule has 21 heavy (non-hydrogen) atoms. The first kappa shape index (κ1) is 16.2. The van der Waals surface area contributed by atoms with E-state index in [2.05, 4.69) is 20.0 Å². The fourth-order valence-electron chi connectivity index (χ4n) is 2.66. The summed E-state index contributed by atoms with van der Waals surface area (Å²) >= 11 is 0. The van der Waals surface area contributed by atoms with E-state index in [1.807, 2.05) is 6.92 Å². The highest BCUT2D eigenvalue weighted by atomic mass is 32.2. The van der Waals surface area contributed by atoms with E-state index in [0.717, 1.165) is 6.42 Å². The van der Waals surface area contributed by atoms with Crippen LogP contribution in [0.25, 0.3) is 0 Å². The third kappa shape index (κ3) is 4.93. The fourth-order valence-corrected chi connectivity index (χ4v) is 3.60. The minimum Gasteiger partial charge on any atom is -0.355 e. The lowest BCUT2D eigenvalue weighted by molar-refractivity contribution is 0.339. The topological polar surface area (TPSA) is 84.0 Å². The lowest BCUT2D eigenvalue weighted by Crippen LogP contribution is -2.27. The van der Waals surface area contributed by atoms with Gasteiger partial charge in [-0.15, -0.1) is 0 Å². The fraction of sp³-hybridized carbons (Fsp3) is 0.714. The quantitative estimate of drug-likeness (QED) is 0.806. The van der Waals surface area contributed by atoms with Crippen molar-refractivity contribution in [3.05, 3.63) is 12.4 Å². The number of rotatable bonds is 7. The molecule has 1 heterocycles. The van der Waals surface area contributed by atoms with Crippen molar-refractivity contribution in [2.75, 3.05) is 18.4 Å². The Morgan fingerprint density at radius 1 is 1.19 bits per heavy atom. The van der Waals surface area contributed by atoms with Crippen LogP contribution in [0.2, 0.25) is 0 Å². The molecule has 0 aliphatic heterocycles. The molecule has 2 N–H and O–H groups in total. The van der Waals surface area contributed by atoms with Gasteiger partial charge >= 0.3 is 0 Å². The molecule has 1 aromatic rings. The van der Waals surface area contributed by atoms with Gasteiger partial charge in [0, 0.05) is 13.1 Å². The smallest absolute Gasteiger partial charge is 0.243 e. The third-order valence-corrected chi connectivity index (χ3v) is 5.26. The number of nitrogens with zero attached hydrogens (tertiary/aromatic N) is 2. The Bertz CT molecular complexity index is 524. The summed E-state index contributed by atoms with van der Waals surface area (Å²) in [6.07, 6.45) is 9.91. The lowest BCUT2D eigenvalue weighted by Gasteiger charge is -2.21. The molecule has 0 bridgehead atoms. The van der Waals surface area contributed by atoms with Gasteiger partial charge in [0.1, 0.15) is 4.90 Å². The van der Waals surface area contributed by atoms with Gasteiger partial charge in [-0.1, -0.05) is 32.1 Å². The molecule has 0 radical (unpaired) electrons. The van der Waals surface area contributed by atoms with Crippen molar-refractivity contribution in [3.8, 4) is 0 Å². The number of hydrogen-bond acceptors (Lipinski definition) is 5. The maximum Gasteiger partial charge on any atom is 0.243 e. The number of nitrogens with one attached hydrogen (secondary N) is 2. The molecule has 1 aromatic heterocycles. The normalized spacial score (nSPS) is 16.8. The predicted molar refractivity (Wildman–Crippen MR) is 82.6 cm³/mol. The number of aromatic nitrogens is 2. The second-order valence-corrected chi connectivity index (χ2v) is 7.23. The zero-order valence-electron chi connectivity index (χ0n) is 12.5. The van der Waals surface area contributed by atoms with Gasteiger partial charge in [-0.05, 0) is 19.3 Å². The summed E-state index contributed by atoms with van der Waals surface area (Å²) in [6, 6.07) is 0. The summed E-state index contributed by atoms with van der Waals surface area (Å²) in [6.45, 7) is 3.12. The van der Waals surface area contributed by atoms with E-state index in [1.165, 1.54) is 44.5 Å². The molecule has 7 heteroatoms. The Balaban J connectivity index is 1.85. The Morgan fingerprint density at radius 3 is 2.48 bits per heavy atom. The molecule has 0 aromatic carbocycles. The van der Waals surface area contributed by atoms with Crippen molar-refractivity contribution in [2.45, 2.75) is 50.3 Å². The summed E-state index contributed by atoms with van der Waals surface area (Å²) in [7, 11) is -3.50. The van der Waals surface area contributed by atoms with Crippen LogP contribution in [-0.4, -0.2) is 31.5 Å². The second-order valence-electron chi connectivity index (χ2n) is 5.46. The van der Waals surface area contributed by atoms with Crippen LogP contribution in [-0.2, 0) is 10.0 Å². The first-order valence-electron chi connectivity index (χ1n) is 7.67. The largest absolute Gasteiger partial charge is 0.355 e. The van der Waals surface area contributed by atoms with Crippen LogP contribution < -0.4 is 10.0 Å². The molecule has 1 aliphatic rings. The average Bonchev–Trinajstić information content (AvgIpc) is 2.49. The highest BCUT2D eigenvalue weighted by Gasteiger charge is 2.17. The predicted octanol–water partition coefficient (Wildman–Crippen LogP) is 2.16. The summed E-state index contributed by atoms with van der Waals surface area (Å²) < 4.78 is 26.9. The van der Waals surface area contributed by atoms with E-state index >= 15 is 0 Å². The highest BCUT2D eigenvalue weighted by molar-refractivity contribution is 7.89. The van der Waals surface area contributed by atoms with E-state index in [-0.39, 0.29) is 4.90 Å². The molecule has 2 rings (SSSR count). The Morgan fingerprint density at radius 2 is 1.86 bits per heavy atom. The van der Waals surface area contributed by atoms with Gasteiger partial charge in [0.2, 0.25) is 16.0 Å². The lowest BCUT2D eigenvalue weighted by atomic mass is 9.87. The third-order valence-electron chi connectivity index (χ3n) is 3.84. The SMILES string of the molecule is CCNc1ncc(S(=O)(=O)NCCC2CCCCC2)cn1. The maximum absolute atomic E-state index is 12.1. The molecule has 1 fully saturated rings. The van der Waals surface area contributed by atoms with Crippen LogP contribution in [0.3, 0.4) is 0 Å². The number of hydrogen-bond donors (Lipinski definition) is 2. The molecule has 0 spiro atoms. The van der Waals surface area contributed by atoms with Gasteiger partial charge in [-0.2, -0.15) is 0 Å². The Hall–Kier alpha value is -1.21. The molecule has 0 saturated heterocycles. The van der Waals surface area contributed by atoms with Crippen molar-refractivity contribution in [1.29, 1.82) is 0 Å². The van der Waals surface area contributed by atoms with Gasteiger partial charge in [-0.3, -0.25) is 0 Å². The van der Waals surface area contributed by atoms with Crippen LogP contribution in [0.4, 0.5) is 5.95 Å². The van der Waals surface area contributed by atoms with Crippen LogP contribution in [0.1, 0.15) is 45.4 Å². The molecular formula is C14H24N4O2S. The van der Waals surface area contributed by atoms with Crippen molar-refractivity contribution in [2.24, 2.45) is 5.92 Å². The Labute approximate surface area is 126 Å². The van der Waals surface area contributed by atoms with E-state index in [1.54, 1.807) is 0 Å². The highest BCUT2D eigenvalue weighted by Crippen LogP contribution is 2.25. The van der Waals surface area contributed by atoms with Crippen LogP contribution in [0, 0.1) is 5.92 Å². The van der Waals surface area contributed by atoms with Gasteiger partial charge in [-0.25, -0.2) is 23.1 Å². The standard InChI is InChI=1S/C14H24N4O2S/c1-2-15-14-16-10-13(11-17-14)21(19,20)18-9-8-12-6-4-3-5-7-12/h10-12,18H,2-9H2,1H3,(H,15,16,17). The Kier molecular flexibility index (Phi) is 5.93. The molecule has 1 aliphatic carbocycles. The molecule has 0 unspecified atom stereocenters. The average molecular weight is 312 g/mol. The van der Waals surface area contributed by atoms with Gasteiger partial charge in [0.05, 0.1) is 12.4 Å². The molecule has 6 nitrogen and oxygen atoms in total.